The second-order valence-electron chi connectivity index (χ2n) is 6.07. The van der Waals surface area contributed by atoms with E-state index in [4.69, 9.17) is 5.11 Å². The predicted octanol–water partition coefficient (Wildman–Crippen LogP) is 0.996. The van der Waals surface area contributed by atoms with Crippen molar-refractivity contribution < 1.29 is 24.3 Å². The van der Waals surface area contributed by atoms with E-state index in [0.29, 0.717) is 30.5 Å². The van der Waals surface area contributed by atoms with Gasteiger partial charge in [-0.1, -0.05) is 12.1 Å². The van der Waals surface area contributed by atoms with Gasteiger partial charge in [0.2, 0.25) is 5.91 Å². The van der Waals surface area contributed by atoms with Crippen LogP contribution < -0.4 is 0 Å². The zero-order valence-electron chi connectivity index (χ0n) is 13.1. The molecule has 1 aromatic rings. The van der Waals surface area contributed by atoms with Crippen LogP contribution in [0.3, 0.4) is 0 Å². The van der Waals surface area contributed by atoms with Crippen molar-refractivity contribution in [3.63, 3.8) is 0 Å². The molecular formula is C17H18N2O5. The summed E-state index contributed by atoms with van der Waals surface area (Å²) in [6, 6.07) is 6.58. The molecule has 0 saturated carbocycles. The van der Waals surface area contributed by atoms with Crippen LogP contribution in [0, 0.1) is 5.92 Å². The van der Waals surface area contributed by atoms with E-state index in [-0.39, 0.29) is 37.2 Å². The van der Waals surface area contributed by atoms with Crippen LogP contribution in [0.15, 0.2) is 24.3 Å². The molecule has 0 aliphatic carbocycles. The molecule has 0 radical (unpaired) electrons. The quantitative estimate of drug-likeness (QED) is 0.831. The minimum absolute atomic E-state index is 0.0117. The summed E-state index contributed by atoms with van der Waals surface area (Å²) in [6.07, 6.45) is 1.23. The van der Waals surface area contributed by atoms with Gasteiger partial charge in [0.25, 0.3) is 11.8 Å². The minimum Gasteiger partial charge on any atom is -0.481 e. The Bertz CT molecular complexity index is 680. The molecule has 1 aromatic carbocycles. The molecule has 2 aliphatic heterocycles. The number of benzene rings is 1. The minimum atomic E-state index is -0.896. The average Bonchev–Trinajstić information content (AvgIpc) is 2.84. The highest BCUT2D eigenvalue weighted by atomic mass is 16.4. The standard InChI is InChI=1S/C17H18N2O5/c20-14(18-8-3-4-11(10-18)17(23)24)7-9-19-15(21)12-5-1-2-6-13(12)16(19)22/h1-2,5-6,11H,3-4,7-10H2,(H,23,24). The highest BCUT2D eigenvalue weighted by Crippen LogP contribution is 2.23. The Morgan fingerprint density at radius 1 is 1.12 bits per heavy atom. The van der Waals surface area contributed by atoms with Gasteiger partial charge in [-0.15, -0.1) is 0 Å². The van der Waals surface area contributed by atoms with E-state index in [9.17, 15) is 19.2 Å². The van der Waals surface area contributed by atoms with E-state index in [1.807, 2.05) is 0 Å². The summed E-state index contributed by atoms with van der Waals surface area (Å²) in [4.78, 5) is 50.4. The molecule has 0 spiro atoms. The number of carbonyl (C=O) groups is 4. The van der Waals surface area contributed by atoms with E-state index < -0.39 is 11.9 Å². The molecule has 1 unspecified atom stereocenters. The van der Waals surface area contributed by atoms with Crippen molar-refractivity contribution in [2.75, 3.05) is 19.6 Å². The van der Waals surface area contributed by atoms with Crippen LogP contribution in [0.25, 0.3) is 0 Å². The lowest BCUT2D eigenvalue weighted by molar-refractivity contribution is -0.145. The number of hydrogen-bond donors (Lipinski definition) is 1. The van der Waals surface area contributed by atoms with Gasteiger partial charge in [0.15, 0.2) is 0 Å². The van der Waals surface area contributed by atoms with Gasteiger partial charge in [0.05, 0.1) is 17.0 Å². The van der Waals surface area contributed by atoms with Crippen molar-refractivity contribution >= 4 is 23.7 Å². The zero-order valence-corrected chi connectivity index (χ0v) is 13.1. The summed E-state index contributed by atoms with van der Waals surface area (Å²) in [5.41, 5.74) is 0.720. The van der Waals surface area contributed by atoms with E-state index in [0.717, 1.165) is 4.90 Å². The molecule has 24 heavy (non-hydrogen) atoms. The summed E-state index contributed by atoms with van der Waals surface area (Å²) in [7, 11) is 0. The molecule has 2 heterocycles. The van der Waals surface area contributed by atoms with Crippen molar-refractivity contribution in [2.45, 2.75) is 19.3 Å². The van der Waals surface area contributed by atoms with Crippen molar-refractivity contribution in [1.82, 2.24) is 9.80 Å². The number of piperidine rings is 1. The van der Waals surface area contributed by atoms with Crippen molar-refractivity contribution in [2.24, 2.45) is 5.92 Å². The van der Waals surface area contributed by atoms with Crippen LogP contribution in [0.1, 0.15) is 40.0 Å². The molecule has 1 atom stereocenters. The number of likely N-dealkylation sites (tertiary alicyclic amines) is 1. The molecule has 7 heteroatoms. The van der Waals surface area contributed by atoms with Crippen LogP contribution in [0.5, 0.6) is 0 Å². The average molecular weight is 330 g/mol. The first-order valence-electron chi connectivity index (χ1n) is 7.95. The van der Waals surface area contributed by atoms with Gasteiger partial charge in [-0.3, -0.25) is 24.1 Å². The second kappa shape index (κ2) is 6.43. The third-order valence-corrected chi connectivity index (χ3v) is 4.55. The van der Waals surface area contributed by atoms with Crippen LogP contribution in [0.4, 0.5) is 0 Å². The summed E-state index contributed by atoms with van der Waals surface area (Å²) >= 11 is 0. The summed E-state index contributed by atoms with van der Waals surface area (Å²) in [6.45, 7) is 0.723. The van der Waals surface area contributed by atoms with E-state index in [1.165, 1.54) is 4.90 Å². The van der Waals surface area contributed by atoms with Gasteiger partial charge in [-0.05, 0) is 25.0 Å². The van der Waals surface area contributed by atoms with Crippen LogP contribution in [0.2, 0.25) is 0 Å². The number of amides is 3. The van der Waals surface area contributed by atoms with Gasteiger partial charge >= 0.3 is 5.97 Å². The molecular weight excluding hydrogens is 312 g/mol. The van der Waals surface area contributed by atoms with Crippen LogP contribution in [-0.2, 0) is 9.59 Å². The molecule has 0 aromatic heterocycles. The van der Waals surface area contributed by atoms with Crippen molar-refractivity contribution in [3.8, 4) is 0 Å². The van der Waals surface area contributed by atoms with Gasteiger partial charge in [0, 0.05) is 26.1 Å². The van der Waals surface area contributed by atoms with Gasteiger partial charge in [-0.2, -0.15) is 0 Å². The highest BCUT2D eigenvalue weighted by Gasteiger charge is 2.35. The number of nitrogens with zero attached hydrogens (tertiary/aromatic N) is 2. The van der Waals surface area contributed by atoms with Gasteiger partial charge in [-0.25, -0.2) is 0 Å². The molecule has 1 N–H and O–H groups in total. The number of carboxylic acid groups (broad SMARTS) is 1. The fourth-order valence-corrected chi connectivity index (χ4v) is 3.21. The van der Waals surface area contributed by atoms with E-state index >= 15 is 0 Å². The van der Waals surface area contributed by atoms with Crippen molar-refractivity contribution in [3.05, 3.63) is 35.4 Å². The fourth-order valence-electron chi connectivity index (χ4n) is 3.21. The number of imide groups is 1. The number of hydrogen-bond acceptors (Lipinski definition) is 4. The monoisotopic (exact) mass is 330 g/mol. The molecule has 7 nitrogen and oxygen atoms in total. The maximum Gasteiger partial charge on any atom is 0.308 e. The number of aliphatic carboxylic acids is 1. The Morgan fingerprint density at radius 3 is 2.33 bits per heavy atom. The lowest BCUT2D eigenvalue weighted by Gasteiger charge is -2.31. The molecule has 0 bridgehead atoms. The third kappa shape index (κ3) is 2.89. The predicted molar refractivity (Wildman–Crippen MR) is 83.4 cm³/mol. The van der Waals surface area contributed by atoms with Crippen LogP contribution >= 0.6 is 0 Å². The number of rotatable bonds is 4. The van der Waals surface area contributed by atoms with Gasteiger partial charge < -0.3 is 10.0 Å². The molecule has 2 aliphatic rings. The Hall–Kier alpha value is -2.70. The Morgan fingerprint density at radius 2 is 1.75 bits per heavy atom. The Kier molecular flexibility index (Phi) is 4.33. The lowest BCUT2D eigenvalue weighted by Crippen LogP contribution is -2.43. The lowest BCUT2D eigenvalue weighted by atomic mass is 9.98. The number of carboxylic acids is 1. The Balaban J connectivity index is 1.60. The smallest absolute Gasteiger partial charge is 0.308 e. The SMILES string of the molecule is O=C(O)C1CCCN(C(=O)CCN2C(=O)c3ccccc3C2=O)C1. The molecule has 1 saturated heterocycles. The summed E-state index contributed by atoms with van der Waals surface area (Å²) in [5.74, 6) is -2.43. The van der Waals surface area contributed by atoms with Crippen LogP contribution in [-0.4, -0.2) is 58.2 Å². The maximum absolute atomic E-state index is 12.3. The van der Waals surface area contributed by atoms with Gasteiger partial charge in [0.1, 0.15) is 0 Å². The van der Waals surface area contributed by atoms with Crippen molar-refractivity contribution in [1.29, 1.82) is 0 Å². The first kappa shape index (κ1) is 16.2. The molecule has 3 rings (SSSR count). The first-order valence-corrected chi connectivity index (χ1v) is 7.95. The largest absolute Gasteiger partial charge is 0.481 e. The molecule has 1 fully saturated rings. The fraction of sp³-hybridized carbons (Fsp3) is 0.412. The zero-order chi connectivity index (χ0) is 17.3. The molecule has 126 valence electrons. The third-order valence-electron chi connectivity index (χ3n) is 4.55. The molecule has 3 amide bonds. The van der Waals surface area contributed by atoms with E-state index in [1.54, 1.807) is 24.3 Å². The number of fused-ring (bicyclic) bond motifs is 1. The number of carbonyl (C=O) groups excluding carboxylic acids is 3. The Labute approximate surface area is 138 Å². The normalized spacial score (nSPS) is 20.2. The highest BCUT2D eigenvalue weighted by molar-refractivity contribution is 6.21. The summed E-state index contributed by atoms with van der Waals surface area (Å²) < 4.78 is 0. The maximum atomic E-state index is 12.3. The summed E-state index contributed by atoms with van der Waals surface area (Å²) in [5, 5.41) is 9.07. The second-order valence-corrected chi connectivity index (χ2v) is 6.07. The van der Waals surface area contributed by atoms with E-state index in [2.05, 4.69) is 0 Å². The topological polar surface area (TPSA) is 95.0 Å². The first-order chi connectivity index (χ1) is 11.5.